The van der Waals surface area contributed by atoms with Gasteiger partial charge in [-0.05, 0) is 54.9 Å². The van der Waals surface area contributed by atoms with Gasteiger partial charge in [0.25, 0.3) is 0 Å². The summed E-state index contributed by atoms with van der Waals surface area (Å²) in [6.07, 6.45) is 1.64. The number of carbonyl (C=O) groups is 3. The molecule has 0 radical (unpaired) electrons. The number of carboxylic acid groups (broad SMARTS) is 1. The number of hydrogen-bond donors (Lipinski definition) is 3. The van der Waals surface area contributed by atoms with Crippen LogP contribution in [0.25, 0.3) is 11.1 Å². The fourth-order valence-electron chi connectivity index (χ4n) is 4.44. The molecule has 0 fully saturated rings. The van der Waals surface area contributed by atoms with Gasteiger partial charge in [0.2, 0.25) is 5.91 Å². The van der Waals surface area contributed by atoms with E-state index in [0.717, 1.165) is 11.1 Å². The standard InChI is InChI=1S/C27H34N2O6/c1-18(9-7-15-25(30)29-24(26(31)32)14-8-16-34-2)28-27(33)35-17-23-21-12-5-3-10-19(21)20-11-4-6-13-22(20)23/h3-6,10-13,18,23-24H,7-9,14-17H2,1-2H3,(H,28,33)(H,29,30)(H,31,32). The highest BCUT2D eigenvalue weighted by atomic mass is 16.5. The summed E-state index contributed by atoms with van der Waals surface area (Å²) in [4.78, 5) is 35.8. The van der Waals surface area contributed by atoms with Crippen LogP contribution in [0, 0.1) is 0 Å². The van der Waals surface area contributed by atoms with E-state index in [0.29, 0.717) is 32.3 Å². The van der Waals surface area contributed by atoms with E-state index in [9.17, 15) is 19.5 Å². The minimum Gasteiger partial charge on any atom is -0.480 e. The molecular formula is C27H34N2O6. The molecule has 0 saturated heterocycles. The Labute approximate surface area is 206 Å². The lowest BCUT2D eigenvalue weighted by atomic mass is 9.98. The summed E-state index contributed by atoms with van der Waals surface area (Å²) in [5.74, 6) is -1.37. The van der Waals surface area contributed by atoms with Gasteiger partial charge in [-0.2, -0.15) is 0 Å². The van der Waals surface area contributed by atoms with Crippen molar-refractivity contribution in [3.8, 4) is 11.1 Å². The summed E-state index contributed by atoms with van der Waals surface area (Å²) in [5.41, 5.74) is 4.66. The molecule has 3 rings (SSSR count). The van der Waals surface area contributed by atoms with Crippen molar-refractivity contribution in [3.05, 3.63) is 59.7 Å². The van der Waals surface area contributed by atoms with E-state index in [2.05, 4.69) is 34.9 Å². The van der Waals surface area contributed by atoms with Gasteiger partial charge in [0.15, 0.2) is 0 Å². The molecule has 0 aromatic heterocycles. The zero-order valence-corrected chi connectivity index (χ0v) is 20.3. The van der Waals surface area contributed by atoms with E-state index in [1.54, 1.807) is 7.11 Å². The number of alkyl carbamates (subject to hydrolysis) is 1. The Morgan fingerprint density at radius 3 is 2.17 bits per heavy atom. The third-order valence-electron chi connectivity index (χ3n) is 6.22. The number of ether oxygens (including phenoxy) is 2. The molecule has 2 amide bonds. The van der Waals surface area contributed by atoms with E-state index in [1.807, 2.05) is 31.2 Å². The van der Waals surface area contributed by atoms with E-state index in [4.69, 9.17) is 9.47 Å². The van der Waals surface area contributed by atoms with Crippen LogP contribution in [0.1, 0.15) is 56.1 Å². The van der Waals surface area contributed by atoms with Crippen LogP contribution in [0.3, 0.4) is 0 Å². The minimum absolute atomic E-state index is 0.00165. The summed E-state index contributed by atoms with van der Waals surface area (Å²) in [5, 5.41) is 14.6. The minimum atomic E-state index is -1.06. The van der Waals surface area contributed by atoms with Crippen LogP contribution in [-0.4, -0.2) is 55.5 Å². The first kappa shape index (κ1) is 26.2. The Hall–Kier alpha value is -3.39. The van der Waals surface area contributed by atoms with E-state index >= 15 is 0 Å². The third kappa shape index (κ3) is 7.29. The van der Waals surface area contributed by atoms with Crippen molar-refractivity contribution in [2.75, 3.05) is 20.3 Å². The lowest BCUT2D eigenvalue weighted by Gasteiger charge is -2.17. The summed E-state index contributed by atoms with van der Waals surface area (Å²) in [6, 6.07) is 15.2. The van der Waals surface area contributed by atoms with Gasteiger partial charge in [-0.1, -0.05) is 48.5 Å². The second-order valence-corrected chi connectivity index (χ2v) is 8.86. The molecule has 0 bridgehead atoms. The van der Waals surface area contributed by atoms with Crippen molar-refractivity contribution in [1.29, 1.82) is 0 Å². The van der Waals surface area contributed by atoms with Crippen LogP contribution in [0.15, 0.2) is 48.5 Å². The smallest absolute Gasteiger partial charge is 0.407 e. The van der Waals surface area contributed by atoms with Crippen molar-refractivity contribution in [2.45, 2.75) is 57.0 Å². The van der Waals surface area contributed by atoms with Crippen LogP contribution in [0.5, 0.6) is 0 Å². The van der Waals surface area contributed by atoms with Gasteiger partial charge in [-0.25, -0.2) is 9.59 Å². The fraction of sp³-hybridized carbons (Fsp3) is 0.444. The van der Waals surface area contributed by atoms with Crippen molar-refractivity contribution in [3.63, 3.8) is 0 Å². The second kappa shape index (κ2) is 12.9. The molecule has 8 nitrogen and oxygen atoms in total. The molecule has 2 aromatic carbocycles. The lowest BCUT2D eigenvalue weighted by Crippen LogP contribution is -2.41. The molecule has 2 unspecified atom stereocenters. The van der Waals surface area contributed by atoms with Gasteiger partial charge in [0.1, 0.15) is 12.6 Å². The van der Waals surface area contributed by atoms with Crippen LogP contribution in [0.4, 0.5) is 4.79 Å². The molecule has 188 valence electrons. The number of methoxy groups -OCH3 is 1. The maximum absolute atomic E-state index is 12.4. The SMILES string of the molecule is COCCCC(NC(=O)CCCC(C)NC(=O)OCC1c2ccccc2-c2ccccc21)C(=O)O. The highest BCUT2D eigenvalue weighted by molar-refractivity contribution is 5.83. The number of nitrogens with one attached hydrogen (secondary N) is 2. The second-order valence-electron chi connectivity index (χ2n) is 8.86. The van der Waals surface area contributed by atoms with Gasteiger partial charge >= 0.3 is 12.1 Å². The number of rotatable bonds is 13. The Balaban J connectivity index is 1.40. The predicted molar refractivity (Wildman–Crippen MR) is 132 cm³/mol. The highest BCUT2D eigenvalue weighted by Gasteiger charge is 2.29. The molecule has 0 heterocycles. The first-order chi connectivity index (χ1) is 16.9. The third-order valence-corrected chi connectivity index (χ3v) is 6.22. The number of carboxylic acids is 1. The average Bonchev–Trinajstić information content (AvgIpc) is 3.16. The van der Waals surface area contributed by atoms with Gasteiger partial charge in [-0.15, -0.1) is 0 Å². The number of carbonyl (C=O) groups excluding carboxylic acids is 2. The molecule has 2 aromatic rings. The number of aliphatic carboxylic acids is 1. The van der Waals surface area contributed by atoms with Crippen molar-refractivity contribution >= 4 is 18.0 Å². The quantitative estimate of drug-likeness (QED) is 0.371. The molecule has 0 aliphatic heterocycles. The molecular weight excluding hydrogens is 448 g/mol. The highest BCUT2D eigenvalue weighted by Crippen LogP contribution is 2.44. The Morgan fingerprint density at radius 1 is 0.943 bits per heavy atom. The molecule has 8 heteroatoms. The van der Waals surface area contributed by atoms with Gasteiger partial charge in [0, 0.05) is 32.1 Å². The van der Waals surface area contributed by atoms with Crippen LogP contribution >= 0.6 is 0 Å². The molecule has 1 aliphatic carbocycles. The average molecular weight is 483 g/mol. The summed E-state index contributed by atoms with van der Waals surface area (Å²) in [6.45, 7) is 2.54. The fourth-order valence-corrected chi connectivity index (χ4v) is 4.44. The molecule has 2 atom stereocenters. The Morgan fingerprint density at radius 2 is 1.57 bits per heavy atom. The summed E-state index contributed by atoms with van der Waals surface area (Å²) < 4.78 is 10.5. The molecule has 0 saturated carbocycles. The zero-order chi connectivity index (χ0) is 25.2. The van der Waals surface area contributed by atoms with E-state index in [-0.39, 0.29) is 30.9 Å². The topological polar surface area (TPSA) is 114 Å². The van der Waals surface area contributed by atoms with Gasteiger partial charge in [-0.3, -0.25) is 4.79 Å². The maximum Gasteiger partial charge on any atom is 0.407 e. The molecule has 1 aliphatic rings. The number of hydrogen-bond acceptors (Lipinski definition) is 5. The van der Waals surface area contributed by atoms with E-state index < -0.39 is 18.1 Å². The van der Waals surface area contributed by atoms with Crippen LogP contribution in [0.2, 0.25) is 0 Å². The van der Waals surface area contributed by atoms with Crippen molar-refractivity contribution < 1.29 is 29.0 Å². The number of benzene rings is 2. The van der Waals surface area contributed by atoms with Crippen molar-refractivity contribution in [1.82, 2.24) is 10.6 Å². The largest absolute Gasteiger partial charge is 0.480 e. The van der Waals surface area contributed by atoms with Gasteiger partial charge in [0.05, 0.1) is 0 Å². The molecule has 3 N–H and O–H groups in total. The van der Waals surface area contributed by atoms with Crippen molar-refractivity contribution in [2.24, 2.45) is 0 Å². The zero-order valence-electron chi connectivity index (χ0n) is 20.3. The Kier molecular flexibility index (Phi) is 9.66. The van der Waals surface area contributed by atoms with Crippen LogP contribution < -0.4 is 10.6 Å². The van der Waals surface area contributed by atoms with Crippen LogP contribution in [-0.2, 0) is 19.1 Å². The number of fused-ring (bicyclic) bond motifs is 3. The molecule has 0 spiro atoms. The first-order valence-electron chi connectivity index (χ1n) is 12.0. The van der Waals surface area contributed by atoms with Gasteiger partial charge < -0.3 is 25.2 Å². The monoisotopic (exact) mass is 482 g/mol. The molecule has 35 heavy (non-hydrogen) atoms. The Bertz CT molecular complexity index is 979. The predicted octanol–water partition coefficient (Wildman–Crippen LogP) is 4.08. The van der Waals surface area contributed by atoms with E-state index in [1.165, 1.54) is 11.1 Å². The number of amides is 2. The first-order valence-corrected chi connectivity index (χ1v) is 12.0. The normalized spacial score (nSPS) is 13.9. The summed E-state index contributed by atoms with van der Waals surface area (Å²) in [7, 11) is 1.55. The summed E-state index contributed by atoms with van der Waals surface area (Å²) >= 11 is 0. The lowest BCUT2D eigenvalue weighted by molar-refractivity contribution is -0.142. The maximum atomic E-state index is 12.4.